The topological polar surface area (TPSA) is 39.9 Å². The summed E-state index contributed by atoms with van der Waals surface area (Å²) in [6.07, 6.45) is 0.386. The minimum absolute atomic E-state index is 0.341. The van der Waals surface area contributed by atoms with Crippen molar-refractivity contribution in [2.45, 2.75) is 19.1 Å². The molecule has 1 aliphatic rings. The number of aryl methyl sites for hydroxylation is 1. The summed E-state index contributed by atoms with van der Waals surface area (Å²) in [4.78, 5) is 4.31. The summed E-state index contributed by atoms with van der Waals surface area (Å²) in [5, 5.41) is 4.59. The van der Waals surface area contributed by atoms with Gasteiger partial charge in [-0.05, 0) is 46.1 Å². The summed E-state index contributed by atoms with van der Waals surface area (Å²) in [7, 11) is 0. The molecule has 0 saturated heterocycles. The highest BCUT2D eigenvalue weighted by Gasteiger charge is 2.25. The van der Waals surface area contributed by atoms with E-state index in [1.807, 2.05) is 0 Å². The van der Waals surface area contributed by atoms with E-state index in [0.29, 0.717) is 27.8 Å². The summed E-state index contributed by atoms with van der Waals surface area (Å²) in [5.41, 5.74) is 0.646. The third-order valence-corrected chi connectivity index (χ3v) is 3.45. The molecule has 3 rings (SSSR count). The smallest absolute Gasteiger partial charge is 0.217 e. The lowest BCUT2D eigenvalue weighted by atomic mass is 10.1. The fourth-order valence-electron chi connectivity index (χ4n) is 2.15. The summed E-state index contributed by atoms with van der Waals surface area (Å²) in [6, 6.07) is 4.37. The van der Waals surface area contributed by atoms with Crippen LogP contribution in [-0.2, 0) is 11.3 Å². The van der Waals surface area contributed by atoms with Crippen molar-refractivity contribution >= 4 is 27.5 Å². The highest BCUT2D eigenvalue weighted by molar-refractivity contribution is 9.10. The molecule has 0 aliphatic carbocycles. The minimum atomic E-state index is -0.450. The lowest BCUT2D eigenvalue weighted by Crippen LogP contribution is -2.10. The Bertz CT molecular complexity index is 599. The average Bonchev–Trinajstić information content (AvgIpc) is 2.58. The zero-order valence-corrected chi connectivity index (χ0v) is 12.2. The number of benzene rings is 1. The molecule has 1 unspecified atom stereocenters. The summed E-state index contributed by atoms with van der Waals surface area (Å²) in [6.45, 7) is 1.30. The van der Waals surface area contributed by atoms with Gasteiger partial charge >= 0.3 is 0 Å². The maximum Gasteiger partial charge on any atom is 0.217 e. The number of ether oxygens (including phenoxy) is 1. The van der Waals surface area contributed by atoms with Gasteiger partial charge < -0.3 is 4.74 Å². The molecular weight excluding hydrogens is 337 g/mol. The Morgan fingerprint density at radius 1 is 1.42 bits per heavy atom. The third-order valence-electron chi connectivity index (χ3n) is 2.90. The Morgan fingerprint density at radius 3 is 3.05 bits per heavy atom. The number of hydrogen-bond donors (Lipinski definition) is 0. The van der Waals surface area contributed by atoms with Crippen molar-refractivity contribution in [2.24, 2.45) is 0 Å². The molecule has 2 aromatic rings. The van der Waals surface area contributed by atoms with Crippen LogP contribution in [0.15, 0.2) is 22.9 Å². The van der Waals surface area contributed by atoms with Gasteiger partial charge in [-0.15, -0.1) is 5.10 Å². The van der Waals surface area contributed by atoms with E-state index in [-0.39, 0.29) is 5.82 Å². The van der Waals surface area contributed by atoms with Crippen LogP contribution in [0, 0.1) is 5.82 Å². The van der Waals surface area contributed by atoms with E-state index in [1.54, 1.807) is 10.7 Å². The van der Waals surface area contributed by atoms with E-state index in [0.717, 1.165) is 13.0 Å². The molecule has 1 aromatic heterocycles. The molecule has 0 N–H and O–H groups in total. The van der Waals surface area contributed by atoms with Crippen molar-refractivity contribution in [1.29, 1.82) is 0 Å². The van der Waals surface area contributed by atoms with Crippen LogP contribution in [0.2, 0.25) is 5.02 Å². The predicted octanol–water partition coefficient (Wildman–Crippen LogP) is 3.34. The molecule has 0 radical (unpaired) electrons. The molecule has 0 bridgehead atoms. The first-order valence-electron chi connectivity index (χ1n) is 5.81. The van der Waals surface area contributed by atoms with Crippen molar-refractivity contribution in [3.8, 4) is 0 Å². The number of nitrogens with zero attached hydrogens (tertiary/aromatic N) is 3. The number of halogens is 3. The molecule has 1 aromatic carbocycles. The van der Waals surface area contributed by atoms with Gasteiger partial charge in [0, 0.05) is 18.2 Å². The first-order valence-corrected chi connectivity index (χ1v) is 6.98. The zero-order valence-electron chi connectivity index (χ0n) is 9.81. The van der Waals surface area contributed by atoms with E-state index in [2.05, 4.69) is 26.0 Å². The van der Waals surface area contributed by atoms with Gasteiger partial charge in [-0.2, -0.15) is 0 Å². The highest BCUT2D eigenvalue weighted by Crippen LogP contribution is 2.30. The zero-order chi connectivity index (χ0) is 13.4. The molecule has 19 heavy (non-hydrogen) atoms. The third kappa shape index (κ3) is 2.66. The van der Waals surface area contributed by atoms with Crippen molar-refractivity contribution in [3.05, 3.63) is 45.2 Å². The van der Waals surface area contributed by atoms with Gasteiger partial charge in [0.1, 0.15) is 11.9 Å². The van der Waals surface area contributed by atoms with Gasteiger partial charge in [-0.1, -0.05) is 11.6 Å². The van der Waals surface area contributed by atoms with Gasteiger partial charge in [0.15, 0.2) is 5.82 Å². The molecule has 100 valence electrons. The fraction of sp³-hybridized carbons (Fsp3) is 0.333. The molecule has 2 heterocycles. The van der Waals surface area contributed by atoms with Gasteiger partial charge in [0.25, 0.3) is 0 Å². The lowest BCUT2D eigenvalue weighted by Gasteiger charge is -2.15. The Kier molecular flexibility index (Phi) is 3.56. The quantitative estimate of drug-likeness (QED) is 0.795. The maximum absolute atomic E-state index is 13.5. The highest BCUT2D eigenvalue weighted by atomic mass is 79.9. The van der Waals surface area contributed by atoms with Gasteiger partial charge in [-0.25, -0.2) is 14.1 Å². The number of rotatable bonds is 1. The number of hydrogen-bond acceptors (Lipinski definition) is 3. The maximum atomic E-state index is 13.5. The molecule has 7 heteroatoms. The summed E-state index contributed by atoms with van der Waals surface area (Å²) >= 11 is 9.14. The van der Waals surface area contributed by atoms with E-state index in [1.165, 1.54) is 12.1 Å². The van der Waals surface area contributed by atoms with Crippen LogP contribution >= 0.6 is 27.5 Å². The minimum Gasteiger partial charge on any atom is -0.365 e. The second-order valence-corrected chi connectivity index (χ2v) is 5.42. The molecular formula is C12H10BrClFN3O. The monoisotopic (exact) mass is 345 g/mol. The summed E-state index contributed by atoms with van der Waals surface area (Å²) < 4.78 is 21.5. The Morgan fingerprint density at radius 2 is 2.26 bits per heavy atom. The van der Waals surface area contributed by atoms with Crippen molar-refractivity contribution < 1.29 is 9.13 Å². The van der Waals surface area contributed by atoms with Gasteiger partial charge in [0.2, 0.25) is 4.73 Å². The van der Waals surface area contributed by atoms with Crippen LogP contribution in [0.4, 0.5) is 4.39 Å². The Hall–Kier alpha value is -0.980. The molecule has 4 nitrogen and oxygen atoms in total. The number of fused-ring (bicyclic) bond motifs is 1. The van der Waals surface area contributed by atoms with E-state index in [4.69, 9.17) is 16.3 Å². The molecule has 0 saturated carbocycles. The molecule has 1 atom stereocenters. The van der Waals surface area contributed by atoms with Crippen molar-refractivity contribution in [3.63, 3.8) is 0 Å². The van der Waals surface area contributed by atoms with E-state index in [9.17, 15) is 4.39 Å². The van der Waals surface area contributed by atoms with Crippen LogP contribution in [0.25, 0.3) is 0 Å². The fourth-order valence-corrected chi connectivity index (χ4v) is 2.75. The largest absolute Gasteiger partial charge is 0.365 e. The van der Waals surface area contributed by atoms with Crippen LogP contribution in [0.1, 0.15) is 23.9 Å². The molecule has 0 amide bonds. The number of aromatic nitrogens is 3. The molecule has 0 spiro atoms. The van der Waals surface area contributed by atoms with Crippen LogP contribution in [-0.4, -0.2) is 21.4 Å². The average molecular weight is 347 g/mol. The van der Waals surface area contributed by atoms with Gasteiger partial charge in [0.05, 0.1) is 0 Å². The van der Waals surface area contributed by atoms with Crippen molar-refractivity contribution in [1.82, 2.24) is 14.8 Å². The molecule has 1 aliphatic heterocycles. The second-order valence-electron chi connectivity index (χ2n) is 4.27. The predicted molar refractivity (Wildman–Crippen MR) is 71.5 cm³/mol. The second kappa shape index (κ2) is 5.19. The Labute approximate surface area is 122 Å². The summed E-state index contributed by atoms with van der Waals surface area (Å²) in [5.74, 6) is 0.270. The Balaban J connectivity index is 2.08. The van der Waals surface area contributed by atoms with Crippen LogP contribution in [0.5, 0.6) is 0 Å². The van der Waals surface area contributed by atoms with Crippen molar-refractivity contribution in [2.75, 3.05) is 6.61 Å². The van der Waals surface area contributed by atoms with Crippen LogP contribution in [0.3, 0.4) is 0 Å². The molecule has 0 fully saturated rings. The first-order chi connectivity index (χ1) is 9.13. The standard InChI is InChI=1S/C12H10BrClFN3O/c13-12-16-11-10(19-3-1-2-18(11)17-12)7-4-8(14)6-9(15)5-7/h4-6,10H,1-3H2. The first kappa shape index (κ1) is 13.0. The lowest BCUT2D eigenvalue weighted by molar-refractivity contribution is 0.0809. The van der Waals surface area contributed by atoms with Gasteiger partial charge in [-0.3, -0.25) is 0 Å². The normalized spacial score (nSPS) is 19.0. The van der Waals surface area contributed by atoms with E-state index >= 15 is 0 Å². The van der Waals surface area contributed by atoms with Crippen LogP contribution < -0.4 is 0 Å². The van der Waals surface area contributed by atoms with E-state index < -0.39 is 6.10 Å². The SMILES string of the molecule is Fc1cc(Cl)cc(C2OCCCn3nc(Br)nc32)c1.